The minimum Gasteiger partial charge on any atom is -0.471 e. The molecular formula is C12H17N5O. The Hall–Kier alpha value is -1.69. The maximum absolute atomic E-state index is 5.91. The lowest BCUT2D eigenvalue weighted by atomic mass is 10.3. The number of nitrogens with one attached hydrogen (secondary N) is 1. The van der Waals surface area contributed by atoms with E-state index in [0.717, 1.165) is 43.0 Å². The monoisotopic (exact) mass is 247 g/mol. The van der Waals surface area contributed by atoms with Gasteiger partial charge in [-0.05, 0) is 26.8 Å². The Kier molecular flexibility index (Phi) is 2.87. The normalized spacial score (nSPS) is 19.6. The molecular weight excluding hydrogens is 230 g/mol. The first-order valence-corrected chi connectivity index (χ1v) is 6.34. The second-order valence-electron chi connectivity index (χ2n) is 4.49. The van der Waals surface area contributed by atoms with E-state index in [-0.39, 0.29) is 6.10 Å². The average molecular weight is 247 g/mol. The zero-order valence-corrected chi connectivity index (χ0v) is 10.7. The third-order valence-corrected chi connectivity index (χ3v) is 3.30. The van der Waals surface area contributed by atoms with Crippen LogP contribution in [-0.4, -0.2) is 38.7 Å². The van der Waals surface area contributed by atoms with Gasteiger partial charge in [-0.3, -0.25) is 0 Å². The number of hydrogen-bond acceptors (Lipinski definition) is 5. The van der Waals surface area contributed by atoms with Crippen molar-refractivity contribution in [2.24, 2.45) is 0 Å². The van der Waals surface area contributed by atoms with Crippen molar-refractivity contribution in [3.8, 4) is 5.88 Å². The van der Waals surface area contributed by atoms with Gasteiger partial charge >= 0.3 is 0 Å². The van der Waals surface area contributed by atoms with Gasteiger partial charge in [0.2, 0.25) is 5.88 Å². The molecule has 0 bridgehead atoms. The summed E-state index contributed by atoms with van der Waals surface area (Å²) in [5.41, 5.74) is 1.62. The third kappa shape index (κ3) is 1.82. The quantitative estimate of drug-likeness (QED) is 0.872. The summed E-state index contributed by atoms with van der Waals surface area (Å²) in [7, 11) is 0. The molecule has 6 heteroatoms. The molecule has 0 aliphatic carbocycles. The molecule has 6 nitrogen and oxygen atoms in total. The van der Waals surface area contributed by atoms with E-state index in [0.29, 0.717) is 5.88 Å². The lowest BCUT2D eigenvalue weighted by Crippen LogP contribution is -2.20. The molecule has 1 aliphatic heterocycles. The van der Waals surface area contributed by atoms with E-state index in [9.17, 15) is 0 Å². The van der Waals surface area contributed by atoms with Crippen LogP contribution in [-0.2, 0) is 6.54 Å². The average Bonchev–Trinajstić information content (AvgIpc) is 2.96. The van der Waals surface area contributed by atoms with Gasteiger partial charge in [-0.15, -0.1) is 0 Å². The van der Waals surface area contributed by atoms with E-state index >= 15 is 0 Å². The van der Waals surface area contributed by atoms with Crippen LogP contribution in [0.2, 0.25) is 0 Å². The summed E-state index contributed by atoms with van der Waals surface area (Å²) in [5.74, 6) is 1.55. The minimum atomic E-state index is 0.190. The first-order valence-electron chi connectivity index (χ1n) is 6.34. The molecule has 96 valence electrons. The highest BCUT2D eigenvalue weighted by Gasteiger charge is 2.20. The number of hydrogen-bond donors (Lipinski definition) is 1. The molecule has 0 radical (unpaired) electrons. The van der Waals surface area contributed by atoms with Crippen LogP contribution in [0.4, 0.5) is 0 Å². The smallest absolute Gasteiger partial charge is 0.245 e. The summed E-state index contributed by atoms with van der Waals surface area (Å²) in [6.07, 6.45) is 2.75. The maximum atomic E-state index is 5.91. The second kappa shape index (κ2) is 4.53. The molecule has 3 heterocycles. The van der Waals surface area contributed by atoms with E-state index in [1.165, 1.54) is 0 Å². The van der Waals surface area contributed by atoms with Crippen LogP contribution in [0.25, 0.3) is 11.2 Å². The molecule has 18 heavy (non-hydrogen) atoms. The Labute approximate surface area is 105 Å². The summed E-state index contributed by atoms with van der Waals surface area (Å²) < 4.78 is 7.98. The maximum Gasteiger partial charge on any atom is 0.245 e. The highest BCUT2D eigenvalue weighted by molar-refractivity contribution is 5.76. The Morgan fingerprint density at radius 3 is 3.11 bits per heavy atom. The molecule has 1 unspecified atom stereocenters. The minimum absolute atomic E-state index is 0.190. The van der Waals surface area contributed by atoms with Gasteiger partial charge < -0.3 is 14.6 Å². The largest absolute Gasteiger partial charge is 0.471 e. The van der Waals surface area contributed by atoms with Crippen LogP contribution in [0.15, 0.2) is 6.33 Å². The molecule has 1 aliphatic rings. The lowest BCUT2D eigenvalue weighted by Gasteiger charge is -2.11. The highest BCUT2D eigenvalue weighted by Crippen LogP contribution is 2.23. The number of aryl methyl sites for hydroxylation is 2. The molecule has 0 saturated carbocycles. The summed E-state index contributed by atoms with van der Waals surface area (Å²) in [6.45, 7) is 6.79. The second-order valence-corrected chi connectivity index (χ2v) is 4.49. The van der Waals surface area contributed by atoms with Gasteiger partial charge in [-0.2, -0.15) is 4.98 Å². The fourth-order valence-electron chi connectivity index (χ4n) is 2.38. The molecule has 0 aromatic carbocycles. The van der Waals surface area contributed by atoms with Crippen LogP contribution >= 0.6 is 0 Å². The number of fused-ring (bicyclic) bond motifs is 1. The Morgan fingerprint density at radius 1 is 1.50 bits per heavy atom. The summed E-state index contributed by atoms with van der Waals surface area (Å²) >= 11 is 0. The Morgan fingerprint density at radius 2 is 2.39 bits per heavy atom. The number of aromatic nitrogens is 4. The van der Waals surface area contributed by atoms with Gasteiger partial charge in [0.25, 0.3) is 0 Å². The zero-order chi connectivity index (χ0) is 12.5. The van der Waals surface area contributed by atoms with Crippen LogP contribution in [0.5, 0.6) is 5.88 Å². The fraction of sp³-hybridized carbons (Fsp3) is 0.583. The van der Waals surface area contributed by atoms with Crippen LogP contribution in [0.1, 0.15) is 19.2 Å². The third-order valence-electron chi connectivity index (χ3n) is 3.30. The zero-order valence-electron chi connectivity index (χ0n) is 10.7. The molecule has 2 aromatic heterocycles. The number of ether oxygens (including phenoxy) is 1. The highest BCUT2D eigenvalue weighted by atomic mass is 16.5. The number of imidazole rings is 1. The fourth-order valence-corrected chi connectivity index (χ4v) is 2.38. The molecule has 1 N–H and O–H groups in total. The van der Waals surface area contributed by atoms with Crippen molar-refractivity contribution in [1.82, 2.24) is 24.8 Å². The topological polar surface area (TPSA) is 64.9 Å². The van der Waals surface area contributed by atoms with E-state index in [4.69, 9.17) is 4.74 Å². The lowest BCUT2D eigenvalue weighted by molar-refractivity contribution is 0.216. The van der Waals surface area contributed by atoms with Crippen molar-refractivity contribution in [3.05, 3.63) is 12.2 Å². The van der Waals surface area contributed by atoms with Gasteiger partial charge in [0, 0.05) is 13.1 Å². The van der Waals surface area contributed by atoms with Gasteiger partial charge in [0.05, 0.1) is 0 Å². The first kappa shape index (κ1) is 11.4. The Balaban J connectivity index is 2.01. The van der Waals surface area contributed by atoms with Crippen molar-refractivity contribution in [2.75, 3.05) is 13.1 Å². The van der Waals surface area contributed by atoms with Crippen LogP contribution in [0.3, 0.4) is 0 Å². The van der Waals surface area contributed by atoms with E-state index in [2.05, 4.69) is 31.8 Å². The van der Waals surface area contributed by atoms with Gasteiger partial charge in [-0.1, -0.05) is 0 Å². The molecule has 1 atom stereocenters. The SMILES string of the molecule is CCn1c(C)nc2c(OC3CCNC3)ncnc21. The van der Waals surface area contributed by atoms with Crippen LogP contribution in [0, 0.1) is 6.92 Å². The molecule has 0 spiro atoms. The first-order chi connectivity index (χ1) is 8.79. The molecule has 3 rings (SSSR count). The molecule has 2 aromatic rings. The molecule has 1 saturated heterocycles. The van der Waals surface area contributed by atoms with Crippen molar-refractivity contribution in [2.45, 2.75) is 32.9 Å². The van der Waals surface area contributed by atoms with Crippen molar-refractivity contribution < 1.29 is 4.74 Å². The number of rotatable bonds is 3. The van der Waals surface area contributed by atoms with E-state index in [1.807, 2.05) is 6.92 Å². The van der Waals surface area contributed by atoms with Gasteiger partial charge in [-0.25, -0.2) is 9.97 Å². The van der Waals surface area contributed by atoms with Crippen LogP contribution < -0.4 is 10.1 Å². The van der Waals surface area contributed by atoms with Gasteiger partial charge in [0.15, 0.2) is 11.2 Å². The predicted molar refractivity (Wildman–Crippen MR) is 67.6 cm³/mol. The van der Waals surface area contributed by atoms with Gasteiger partial charge in [0.1, 0.15) is 18.3 Å². The standard InChI is InChI=1S/C12H17N5O/c1-3-17-8(2)16-10-11(17)14-7-15-12(10)18-9-4-5-13-6-9/h7,9,13H,3-6H2,1-2H3. The summed E-state index contributed by atoms with van der Waals surface area (Å²) in [4.78, 5) is 13.0. The summed E-state index contributed by atoms with van der Waals surface area (Å²) in [5, 5.41) is 3.27. The summed E-state index contributed by atoms with van der Waals surface area (Å²) in [6, 6.07) is 0. The predicted octanol–water partition coefficient (Wildman–Crippen LogP) is 0.895. The Bertz CT molecular complexity index is 559. The van der Waals surface area contributed by atoms with Crippen molar-refractivity contribution >= 4 is 11.2 Å². The van der Waals surface area contributed by atoms with Crippen molar-refractivity contribution in [3.63, 3.8) is 0 Å². The van der Waals surface area contributed by atoms with E-state index < -0.39 is 0 Å². The molecule has 1 fully saturated rings. The van der Waals surface area contributed by atoms with Crippen molar-refractivity contribution in [1.29, 1.82) is 0 Å². The number of nitrogens with zero attached hydrogens (tertiary/aromatic N) is 4. The van der Waals surface area contributed by atoms with E-state index in [1.54, 1.807) is 6.33 Å². The molecule has 0 amide bonds.